The van der Waals surface area contributed by atoms with Crippen molar-refractivity contribution in [2.24, 2.45) is 0 Å². The van der Waals surface area contributed by atoms with Crippen LogP contribution < -0.4 is 5.32 Å². The number of nitrogens with zero attached hydrogens (tertiary/aromatic N) is 5. The molecule has 2 aromatic rings. The highest BCUT2D eigenvalue weighted by Gasteiger charge is 2.26. The Morgan fingerprint density at radius 2 is 2.10 bits per heavy atom. The summed E-state index contributed by atoms with van der Waals surface area (Å²) in [6, 6.07) is 12.3. The van der Waals surface area contributed by atoms with Gasteiger partial charge < -0.3 is 0 Å². The first-order valence-corrected chi connectivity index (χ1v) is 7.68. The molecule has 0 radical (unpaired) electrons. The van der Waals surface area contributed by atoms with Crippen LogP contribution in [-0.4, -0.2) is 37.5 Å². The standard InChI is InChI=1S/C14H18N6S/c1-11(2)16-14(3,9-15)10-21-13-17-18-19-20(13)12-7-5-4-6-8-12/h4-8,11,16H,10H2,1-3H3. The van der Waals surface area contributed by atoms with E-state index in [4.69, 9.17) is 0 Å². The Labute approximate surface area is 128 Å². The summed E-state index contributed by atoms with van der Waals surface area (Å²) in [5, 5.41) is 25.1. The van der Waals surface area contributed by atoms with Crippen molar-refractivity contribution in [2.45, 2.75) is 37.5 Å². The normalized spacial score (nSPS) is 13.9. The third-order valence-corrected chi connectivity index (χ3v) is 4.02. The minimum Gasteiger partial charge on any atom is -0.297 e. The van der Waals surface area contributed by atoms with Crippen molar-refractivity contribution in [2.75, 3.05) is 5.75 Å². The van der Waals surface area contributed by atoms with E-state index in [1.54, 1.807) is 4.68 Å². The number of nitriles is 1. The monoisotopic (exact) mass is 302 g/mol. The van der Waals surface area contributed by atoms with Gasteiger partial charge in [0.05, 0.1) is 11.8 Å². The maximum atomic E-state index is 9.36. The van der Waals surface area contributed by atoms with Gasteiger partial charge in [-0.2, -0.15) is 9.94 Å². The third-order valence-electron chi connectivity index (χ3n) is 2.79. The van der Waals surface area contributed by atoms with Crippen molar-refractivity contribution in [1.29, 1.82) is 5.26 Å². The maximum Gasteiger partial charge on any atom is 0.214 e. The first-order valence-electron chi connectivity index (χ1n) is 6.69. The fourth-order valence-corrected chi connectivity index (χ4v) is 2.88. The largest absolute Gasteiger partial charge is 0.297 e. The Bertz CT molecular complexity index is 618. The van der Waals surface area contributed by atoms with Gasteiger partial charge in [0.25, 0.3) is 0 Å². The van der Waals surface area contributed by atoms with E-state index in [-0.39, 0.29) is 6.04 Å². The fourth-order valence-electron chi connectivity index (χ4n) is 1.95. The van der Waals surface area contributed by atoms with Crippen LogP contribution in [-0.2, 0) is 0 Å². The summed E-state index contributed by atoms with van der Waals surface area (Å²) < 4.78 is 1.68. The molecular weight excluding hydrogens is 284 g/mol. The van der Waals surface area contributed by atoms with Gasteiger partial charge in [-0.1, -0.05) is 30.0 Å². The van der Waals surface area contributed by atoms with Gasteiger partial charge in [0.15, 0.2) is 0 Å². The number of thioether (sulfide) groups is 1. The van der Waals surface area contributed by atoms with Crippen molar-refractivity contribution in [3.8, 4) is 11.8 Å². The third kappa shape index (κ3) is 4.03. The summed E-state index contributed by atoms with van der Waals surface area (Å²) in [6.07, 6.45) is 0. The lowest BCUT2D eigenvalue weighted by atomic mass is 10.1. The Hall–Kier alpha value is -1.91. The molecule has 6 nitrogen and oxygen atoms in total. The molecule has 1 N–H and O–H groups in total. The molecular formula is C14H18N6S. The zero-order valence-electron chi connectivity index (χ0n) is 12.3. The number of hydrogen-bond donors (Lipinski definition) is 1. The molecule has 0 aliphatic heterocycles. The van der Waals surface area contributed by atoms with Gasteiger partial charge in [0, 0.05) is 11.8 Å². The summed E-state index contributed by atoms with van der Waals surface area (Å²) in [5.74, 6) is 0.564. The minimum atomic E-state index is -0.619. The summed E-state index contributed by atoms with van der Waals surface area (Å²) in [7, 11) is 0. The highest BCUT2D eigenvalue weighted by molar-refractivity contribution is 7.99. The molecule has 0 fully saturated rings. The highest BCUT2D eigenvalue weighted by atomic mass is 32.2. The number of para-hydroxylation sites is 1. The van der Waals surface area contributed by atoms with E-state index in [0.29, 0.717) is 10.9 Å². The highest BCUT2D eigenvalue weighted by Crippen LogP contribution is 2.22. The predicted molar refractivity (Wildman–Crippen MR) is 82.2 cm³/mol. The molecule has 0 aliphatic rings. The summed E-state index contributed by atoms with van der Waals surface area (Å²) in [5.41, 5.74) is 0.284. The number of nitrogens with one attached hydrogen (secondary N) is 1. The van der Waals surface area contributed by atoms with Crippen molar-refractivity contribution in [3.05, 3.63) is 30.3 Å². The maximum absolute atomic E-state index is 9.36. The summed E-state index contributed by atoms with van der Waals surface area (Å²) in [6.45, 7) is 5.93. The van der Waals surface area contributed by atoms with Gasteiger partial charge in [0.1, 0.15) is 5.54 Å². The lowest BCUT2D eigenvalue weighted by molar-refractivity contribution is 0.443. The molecule has 0 amide bonds. The van der Waals surface area contributed by atoms with E-state index < -0.39 is 5.54 Å². The first-order chi connectivity index (χ1) is 10.0. The van der Waals surface area contributed by atoms with E-state index in [1.807, 2.05) is 51.1 Å². The minimum absolute atomic E-state index is 0.236. The van der Waals surface area contributed by atoms with Crippen LogP contribution in [0.2, 0.25) is 0 Å². The molecule has 21 heavy (non-hydrogen) atoms. The summed E-state index contributed by atoms with van der Waals surface area (Å²) >= 11 is 1.46. The van der Waals surface area contributed by atoms with E-state index in [1.165, 1.54) is 11.8 Å². The van der Waals surface area contributed by atoms with Crippen molar-refractivity contribution < 1.29 is 0 Å². The number of hydrogen-bond acceptors (Lipinski definition) is 6. The van der Waals surface area contributed by atoms with Crippen LogP contribution in [0.15, 0.2) is 35.5 Å². The molecule has 1 unspecified atom stereocenters. The molecule has 0 saturated heterocycles. The molecule has 1 aromatic carbocycles. The molecule has 1 heterocycles. The van der Waals surface area contributed by atoms with Crippen LogP contribution in [0.4, 0.5) is 0 Å². The molecule has 110 valence electrons. The lowest BCUT2D eigenvalue weighted by Gasteiger charge is -2.25. The van der Waals surface area contributed by atoms with Crippen LogP contribution in [0.1, 0.15) is 20.8 Å². The average Bonchev–Trinajstić information content (AvgIpc) is 2.94. The Kier molecular flexibility index (Phi) is 4.94. The molecule has 1 aromatic heterocycles. The van der Waals surface area contributed by atoms with Crippen LogP contribution in [0.5, 0.6) is 0 Å². The number of benzene rings is 1. The Morgan fingerprint density at radius 3 is 2.71 bits per heavy atom. The fraction of sp³-hybridized carbons (Fsp3) is 0.429. The van der Waals surface area contributed by atoms with Crippen LogP contribution in [0, 0.1) is 11.3 Å². The molecule has 0 spiro atoms. The Balaban J connectivity index is 2.12. The number of rotatable bonds is 6. The van der Waals surface area contributed by atoms with Gasteiger partial charge in [-0.3, -0.25) is 5.32 Å². The molecule has 0 bridgehead atoms. The first kappa shape index (κ1) is 15.5. The van der Waals surface area contributed by atoms with Crippen molar-refractivity contribution in [1.82, 2.24) is 25.5 Å². The SMILES string of the molecule is CC(C)NC(C)(C#N)CSc1nnnn1-c1ccccc1. The number of tetrazole rings is 1. The molecule has 2 rings (SSSR count). The second-order valence-corrected chi connectivity index (χ2v) is 6.18. The van der Waals surface area contributed by atoms with Crippen molar-refractivity contribution >= 4 is 11.8 Å². The predicted octanol–water partition coefficient (Wildman–Crippen LogP) is 2.03. The average molecular weight is 302 g/mol. The van der Waals surface area contributed by atoms with Crippen LogP contribution in [0.25, 0.3) is 5.69 Å². The number of aromatic nitrogens is 4. The van der Waals surface area contributed by atoms with Gasteiger partial charge in [0.2, 0.25) is 5.16 Å². The van der Waals surface area contributed by atoms with E-state index in [0.717, 1.165) is 5.69 Å². The smallest absolute Gasteiger partial charge is 0.214 e. The second kappa shape index (κ2) is 6.70. The van der Waals surface area contributed by atoms with Crippen molar-refractivity contribution in [3.63, 3.8) is 0 Å². The topological polar surface area (TPSA) is 79.4 Å². The van der Waals surface area contributed by atoms with Crippen LogP contribution in [0.3, 0.4) is 0 Å². The van der Waals surface area contributed by atoms with Gasteiger partial charge in [-0.05, 0) is 43.3 Å². The quantitative estimate of drug-likeness (QED) is 0.823. The van der Waals surface area contributed by atoms with E-state index >= 15 is 0 Å². The van der Waals surface area contributed by atoms with E-state index in [2.05, 4.69) is 26.9 Å². The van der Waals surface area contributed by atoms with Gasteiger partial charge in [-0.15, -0.1) is 5.10 Å². The lowest BCUT2D eigenvalue weighted by Crippen LogP contribution is -2.47. The van der Waals surface area contributed by atoms with E-state index in [9.17, 15) is 5.26 Å². The molecule has 0 aliphatic carbocycles. The molecule has 0 saturated carbocycles. The summed E-state index contributed by atoms with van der Waals surface area (Å²) in [4.78, 5) is 0. The van der Waals surface area contributed by atoms with Gasteiger partial charge >= 0.3 is 0 Å². The van der Waals surface area contributed by atoms with Crippen LogP contribution >= 0.6 is 11.8 Å². The second-order valence-electron chi connectivity index (χ2n) is 5.24. The molecule has 7 heteroatoms. The zero-order chi connectivity index (χ0) is 15.3. The Morgan fingerprint density at radius 1 is 1.38 bits per heavy atom. The zero-order valence-corrected chi connectivity index (χ0v) is 13.1. The van der Waals surface area contributed by atoms with Gasteiger partial charge in [-0.25, -0.2) is 0 Å². The molecule has 1 atom stereocenters.